The predicted octanol–water partition coefficient (Wildman–Crippen LogP) is 1.52. The molecule has 3 aromatic heterocycles. The number of rotatable bonds is 5. The van der Waals surface area contributed by atoms with Crippen LogP contribution in [0.15, 0.2) is 58.3 Å². The zero-order valence-corrected chi connectivity index (χ0v) is 17.9. The van der Waals surface area contributed by atoms with Gasteiger partial charge in [0.15, 0.2) is 23.0 Å². The molecule has 0 atom stereocenters. The first kappa shape index (κ1) is 20.6. The van der Waals surface area contributed by atoms with Crippen LogP contribution in [-0.2, 0) is 0 Å². The lowest BCUT2D eigenvalue weighted by Gasteiger charge is -2.35. The fourth-order valence-electron chi connectivity index (χ4n) is 3.78. The standard InChI is InChI=1S/C22H21N7O4/c1-2-32-17-5-3-4-15-12-16(22(31)33-20(15)17)21(30)28-10-8-27(9-11-28)18-6-7-19(26-25-18)29-14-23-13-24-29/h3-7,12-14H,2,8-11H2,1H3. The Kier molecular flexibility index (Phi) is 5.43. The normalized spacial score (nSPS) is 14.0. The molecular weight excluding hydrogens is 426 g/mol. The van der Waals surface area contributed by atoms with Crippen molar-refractivity contribution in [1.29, 1.82) is 0 Å². The van der Waals surface area contributed by atoms with Crippen molar-refractivity contribution >= 4 is 22.7 Å². The van der Waals surface area contributed by atoms with E-state index in [2.05, 4.69) is 20.3 Å². The summed E-state index contributed by atoms with van der Waals surface area (Å²) < 4.78 is 12.5. The Morgan fingerprint density at radius 2 is 1.88 bits per heavy atom. The minimum atomic E-state index is -0.670. The molecule has 1 aromatic carbocycles. The fraction of sp³-hybridized carbons (Fsp3) is 0.273. The first-order valence-corrected chi connectivity index (χ1v) is 10.6. The van der Waals surface area contributed by atoms with Gasteiger partial charge in [-0.2, -0.15) is 5.10 Å². The Hall–Kier alpha value is -4.28. The van der Waals surface area contributed by atoms with E-state index in [1.807, 2.05) is 24.0 Å². The molecule has 0 spiro atoms. The summed E-state index contributed by atoms with van der Waals surface area (Å²) in [6.07, 6.45) is 2.98. The molecule has 11 heteroatoms. The summed E-state index contributed by atoms with van der Waals surface area (Å²) in [5.41, 5.74) is -0.308. The maximum Gasteiger partial charge on any atom is 0.349 e. The highest BCUT2D eigenvalue weighted by molar-refractivity contribution is 5.97. The van der Waals surface area contributed by atoms with E-state index < -0.39 is 5.63 Å². The van der Waals surface area contributed by atoms with Crippen molar-refractivity contribution in [1.82, 2.24) is 29.9 Å². The zero-order chi connectivity index (χ0) is 22.8. The van der Waals surface area contributed by atoms with Crippen LogP contribution in [0.1, 0.15) is 17.3 Å². The van der Waals surface area contributed by atoms with E-state index in [1.54, 1.807) is 35.5 Å². The van der Waals surface area contributed by atoms with Crippen LogP contribution < -0.4 is 15.3 Å². The molecule has 168 valence electrons. The third-order valence-corrected chi connectivity index (χ3v) is 5.43. The summed E-state index contributed by atoms with van der Waals surface area (Å²) in [6.45, 7) is 4.32. The molecule has 1 aliphatic rings. The maximum atomic E-state index is 13.1. The van der Waals surface area contributed by atoms with Gasteiger partial charge in [-0.25, -0.2) is 14.5 Å². The lowest BCUT2D eigenvalue weighted by atomic mass is 10.1. The molecule has 11 nitrogen and oxygen atoms in total. The molecule has 0 N–H and O–H groups in total. The fourth-order valence-corrected chi connectivity index (χ4v) is 3.78. The molecule has 1 amide bonds. The Morgan fingerprint density at radius 1 is 1.09 bits per heavy atom. The van der Waals surface area contributed by atoms with E-state index in [9.17, 15) is 9.59 Å². The number of hydrogen-bond acceptors (Lipinski definition) is 9. The van der Waals surface area contributed by atoms with Crippen LogP contribution in [0.25, 0.3) is 16.8 Å². The smallest absolute Gasteiger partial charge is 0.349 e. The van der Waals surface area contributed by atoms with Gasteiger partial charge < -0.3 is 19.0 Å². The van der Waals surface area contributed by atoms with E-state index in [4.69, 9.17) is 9.15 Å². The molecule has 5 rings (SSSR count). The average Bonchev–Trinajstić information content (AvgIpc) is 3.39. The molecule has 4 heterocycles. The molecular formula is C22H21N7O4. The zero-order valence-electron chi connectivity index (χ0n) is 17.9. The van der Waals surface area contributed by atoms with E-state index in [0.717, 1.165) is 0 Å². The number of ether oxygens (including phenoxy) is 1. The van der Waals surface area contributed by atoms with Crippen molar-refractivity contribution in [3.63, 3.8) is 0 Å². The monoisotopic (exact) mass is 447 g/mol. The number of aromatic nitrogens is 5. The van der Waals surface area contributed by atoms with Gasteiger partial charge in [-0.05, 0) is 31.2 Å². The summed E-state index contributed by atoms with van der Waals surface area (Å²) in [5.74, 6) is 1.41. The van der Waals surface area contributed by atoms with E-state index in [-0.39, 0.29) is 11.5 Å². The van der Waals surface area contributed by atoms with Crippen molar-refractivity contribution in [3.05, 3.63) is 65.0 Å². The second kappa shape index (κ2) is 8.69. The number of amides is 1. The Morgan fingerprint density at radius 3 is 2.58 bits per heavy atom. The molecule has 0 radical (unpaired) electrons. The number of benzene rings is 1. The average molecular weight is 447 g/mol. The van der Waals surface area contributed by atoms with Gasteiger partial charge >= 0.3 is 5.63 Å². The third-order valence-electron chi connectivity index (χ3n) is 5.43. The van der Waals surface area contributed by atoms with Gasteiger partial charge in [-0.15, -0.1) is 10.2 Å². The Bertz CT molecular complexity index is 1330. The van der Waals surface area contributed by atoms with Crippen LogP contribution in [0.3, 0.4) is 0 Å². The van der Waals surface area contributed by atoms with Crippen molar-refractivity contribution in [2.75, 3.05) is 37.7 Å². The molecule has 0 saturated carbocycles. The molecule has 0 bridgehead atoms. The largest absolute Gasteiger partial charge is 0.490 e. The number of para-hydroxylation sites is 1. The highest BCUT2D eigenvalue weighted by Gasteiger charge is 2.26. The molecule has 0 aliphatic carbocycles. The van der Waals surface area contributed by atoms with Gasteiger partial charge in [0.25, 0.3) is 5.91 Å². The number of anilines is 1. The first-order chi connectivity index (χ1) is 16.1. The Balaban J connectivity index is 1.29. The SMILES string of the molecule is CCOc1cccc2cc(C(=O)N3CCN(c4ccc(-n5cncn5)nn4)CC3)c(=O)oc12. The van der Waals surface area contributed by atoms with Crippen molar-refractivity contribution < 1.29 is 13.9 Å². The number of carbonyl (C=O) groups is 1. The summed E-state index contributed by atoms with van der Waals surface area (Å²) in [5, 5.41) is 13.1. The number of piperazine rings is 1. The van der Waals surface area contributed by atoms with E-state index in [0.29, 0.717) is 61.1 Å². The van der Waals surface area contributed by atoms with Crippen molar-refractivity contribution in [2.24, 2.45) is 0 Å². The summed E-state index contributed by atoms with van der Waals surface area (Å²) in [7, 11) is 0. The summed E-state index contributed by atoms with van der Waals surface area (Å²) >= 11 is 0. The van der Waals surface area contributed by atoms with Gasteiger partial charge in [0.2, 0.25) is 0 Å². The molecule has 1 saturated heterocycles. The van der Waals surface area contributed by atoms with Gasteiger partial charge in [-0.1, -0.05) is 12.1 Å². The van der Waals surface area contributed by atoms with Crippen LogP contribution in [0, 0.1) is 0 Å². The van der Waals surface area contributed by atoms with Gasteiger partial charge in [0, 0.05) is 31.6 Å². The summed E-state index contributed by atoms with van der Waals surface area (Å²) in [6, 6.07) is 10.6. The molecule has 1 fully saturated rings. The van der Waals surface area contributed by atoms with Crippen LogP contribution in [0.4, 0.5) is 5.82 Å². The highest BCUT2D eigenvalue weighted by Crippen LogP contribution is 2.25. The first-order valence-electron chi connectivity index (χ1n) is 10.6. The molecule has 1 aliphatic heterocycles. The van der Waals surface area contributed by atoms with Gasteiger partial charge in [0.1, 0.15) is 18.2 Å². The predicted molar refractivity (Wildman–Crippen MR) is 119 cm³/mol. The molecule has 33 heavy (non-hydrogen) atoms. The van der Waals surface area contributed by atoms with Crippen LogP contribution in [0.5, 0.6) is 5.75 Å². The number of nitrogens with zero attached hydrogens (tertiary/aromatic N) is 7. The minimum Gasteiger partial charge on any atom is -0.490 e. The lowest BCUT2D eigenvalue weighted by molar-refractivity contribution is 0.0742. The highest BCUT2D eigenvalue weighted by atomic mass is 16.5. The Labute approximate surface area is 188 Å². The third kappa shape index (κ3) is 4.00. The molecule has 0 unspecified atom stereocenters. The number of carbonyl (C=O) groups excluding carboxylic acids is 1. The topological polar surface area (TPSA) is 119 Å². The maximum absolute atomic E-state index is 13.1. The quantitative estimate of drug-likeness (QED) is 0.419. The van der Waals surface area contributed by atoms with Crippen molar-refractivity contribution in [2.45, 2.75) is 6.92 Å². The van der Waals surface area contributed by atoms with E-state index >= 15 is 0 Å². The van der Waals surface area contributed by atoms with E-state index in [1.165, 1.54) is 11.0 Å². The lowest BCUT2D eigenvalue weighted by Crippen LogP contribution is -2.49. The minimum absolute atomic E-state index is 0.0153. The second-order valence-corrected chi connectivity index (χ2v) is 7.42. The van der Waals surface area contributed by atoms with Crippen LogP contribution in [-0.4, -0.2) is 68.6 Å². The van der Waals surface area contributed by atoms with Crippen molar-refractivity contribution in [3.8, 4) is 11.6 Å². The number of fused-ring (bicyclic) bond motifs is 1. The molecule has 4 aromatic rings. The van der Waals surface area contributed by atoms with Crippen LogP contribution in [0.2, 0.25) is 0 Å². The van der Waals surface area contributed by atoms with Gasteiger partial charge in [-0.3, -0.25) is 4.79 Å². The van der Waals surface area contributed by atoms with Gasteiger partial charge in [0.05, 0.1) is 6.61 Å². The second-order valence-electron chi connectivity index (χ2n) is 7.42. The summed E-state index contributed by atoms with van der Waals surface area (Å²) in [4.78, 5) is 33.2. The number of hydrogen-bond donors (Lipinski definition) is 0. The van der Waals surface area contributed by atoms with Crippen LogP contribution >= 0.6 is 0 Å².